The van der Waals surface area contributed by atoms with Crippen LogP contribution in [0.5, 0.6) is 5.75 Å². The van der Waals surface area contributed by atoms with Gasteiger partial charge in [-0.25, -0.2) is 4.79 Å². The van der Waals surface area contributed by atoms with Crippen LogP contribution in [0.15, 0.2) is 58.2 Å². The van der Waals surface area contributed by atoms with Gasteiger partial charge in [-0.3, -0.25) is 0 Å². The van der Waals surface area contributed by atoms with E-state index in [0.29, 0.717) is 35.5 Å². The topological polar surface area (TPSA) is 116 Å². The van der Waals surface area contributed by atoms with Gasteiger partial charge in [-0.1, -0.05) is 41.0 Å². The van der Waals surface area contributed by atoms with Crippen LogP contribution in [0.2, 0.25) is 5.02 Å². The minimum atomic E-state index is -1.01. The molecule has 180 valence electrons. The molecule has 3 aromatic rings. The predicted octanol–water partition coefficient (Wildman–Crippen LogP) is 4.63. The summed E-state index contributed by atoms with van der Waals surface area (Å²) in [6.45, 7) is 4.46. The fourth-order valence-corrected chi connectivity index (χ4v) is 3.07. The maximum absolute atomic E-state index is 11.4. The fraction of sp³-hybridized carbons (Fsp3) is 0.333. The van der Waals surface area contributed by atoms with Crippen molar-refractivity contribution in [2.45, 2.75) is 32.8 Å². The number of carboxylic acids is 1. The first-order valence-corrected chi connectivity index (χ1v) is 11.2. The molecular formula is C24H26ClN3O6. The molecule has 10 heteroatoms. The molecule has 1 aromatic heterocycles. The SMILES string of the molecule is CCCON=C(COc1cccc(CC(OCC)C(=O)O)c1)c1nc(-c2ccc(Cl)cc2)no1. The summed E-state index contributed by atoms with van der Waals surface area (Å²) < 4.78 is 16.6. The van der Waals surface area contributed by atoms with Gasteiger partial charge in [0, 0.05) is 23.6 Å². The van der Waals surface area contributed by atoms with E-state index in [0.717, 1.165) is 17.5 Å². The Morgan fingerprint density at radius 2 is 2.00 bits per heavy atom. The molecule has 0 fully saturated rings. The molecule has 1 atom stereocenters. The van der Waals surface area contributed by atoms with Crippen LogP contribution in [-0.4, -0.2) is 52.9 Å². The Bertz CT molecular complexity index is 1100. The number of hydrogen-bond acceptors (Lipinski definition) is 8. The molecule has 0 aliphatic heterocycles. The largest absolute Gasteiger partial charge is 0.487 e. The summed E-state index contributed by atoms with van der Waals surface area (Å²) in [5.74, 6) is 0.0642. The molecule has 1 unspecified atom stereocenters. The molecule has 0 amide bonds. The molecular weight excluding hydrogens is 462 g/mol. The van der Waals surface area contributed by atoms with E-state index in [-0.39, 0.29) is 18.9 Å². The summed E-state index contributed by atoms with van der Waals surface area (Å²) in [6, 6.07) is 14.2. The highest BCUT2D eigenvalue weighted by Gasteiger charge is 2.19. The first-order chi connectivity index (χ1) is 16.5. The van der Waals surface area contributed by atoms with Gasteiger partial charge in [0.1, 0.15) is 19.0 Å². The highest BCUT2D eigenvalue weighted by molar-refractivity contribution is 6.30. The first kappa shape index (κ1) is 25.2. The number of halogens is 1. The zero-order valence-electron chi connectivity index (χ0n) is 18.9. The van der Waals surface area contributed by atoms with Gasteiger partial charge in [-0.05, 0) is 55.3 Å². The van der Waals surface area contributed by atoms with Crippen LogP contribution in [0.3, 0.4) is 0 Å². The van der Waals surface area contributed by atoms with Crippen LogP contribution in [0, 0.1) is 0 Å². The Morgan fingerprint density at radius 1 is 1.21 bits per heavy atom. The molecule has 0 aliphatic carbocycles. The number of ether oxygens (including phenoxy) is 2. The van der Waals surface area contributed by atoms with E-state index < -0.39 is 12.1 Å². The number of aliphatic carboxylic acids is 1. The van der Waals surface area contributed by atoms with Gasteiger partial charge in [0.05, 0.1) is 0 Å². The summed E-state index contributed by atoms with van der Waals surface area (Å²) in [4.78, 5) is 21.1. The van der Waals surface area contributed by atoms with Crippen LogP contribution in [0.4, 0.5) is 0 Å². The average Bonchev–Trinajstić information content (AvgIpc) is 3.32. The molecule has 1 N–H and O–H groups in total. The second kappa shape index (κ2) is 12.7. The van der Waals surface area contributed by atoms with Gasteiger partial charge < -0.3 is 23.9 Å². The van der Waals surface area contributed by atoms with E-state index in [9.17, 15) is 9.90 Å². The number of oxime groups is 1. The van der Waals surface area contributed by atoms with E-state index in [1.54, 1.807) is 49.4 Å². The molecule has 1 heterocycles. The summed E-state index contributed by atoms with van der Waals surface area (Å²) in [5, 5.41) is 18.1. The third-order valence-electron chi connectivity index (χ3n) is 4.58. The molecule has 34 heavy (non-hydrogen) atoms. The predicted molar refractivity (Wildman–Crippen MR) is 126 cm³/mol. The van der Waals surface area contributed by atoms with Gasteiger partial charge in [0.15, 0.2) is 11.8 Å². The average molecular weight is 488 g/mol. The lowest BCUT2D eigenvalue weighted by Crippen LogP contribution is -2.26. The number of aromatic nitrogens is 2. The van der Waals surface area contributed by atoms with Crippen molar-refractivity contribution in [3.05, 3.63) is 65.0 Å². The normalized spacial score (nSPS) is 12.4. The summed E-state index contributed by atoms with van der Waals surface area (Å²) in [6.07, 6.45) is 0.0728. The number of benzene rings is 2. The Kier molecular flexibility index (Phi) is 9.42. The Hall–Kier alpha value is -3.43. The number of nitrogens with zero attached hydrogens (tertiary/aromatic N) is 3. The van der Waals surface area contributed by atoms with E-state index in [2.05, 4.69) is 15.3 Å². The van der Waals surface area contributed by atoms with Crippen molar-refractivity contribution in [2.75, 3.05) is 19.8 Å². The Labute approximate surface area is 202 Å². The number of hydrogen-bond donors (Lipinski definition) is 1. The van der Waals surface area contributed by atoms with Gasteiger partial charge in [-0.15, -0.1) is 0 Å². The third kappa shape index (κ3) is 7.29. The van der Waals surface area contributed by atoms with Crippen molar-refractivity contribution >= 4 is 23.3 Å². The van der Waals surface area contributed by atoms with Crippen molar-refractivity contribution in [1.29, 1.82) is 0 Å². The zero-order valence-corrected chi connectivity index (χ0v) is 19.7. The lowest BCUT2D eigenvalue weighted by Gasteiger charge is -2.13. The molecule has 0 bridgehead atoms. The van der Waals surface area contributed by atoms with Crippen molar-refractivity contribution in [1.82, 2.24) is 10.1 Å². The highest BCUT2D eigenvalue weighted by atomic mass is 35.5. The summed E-state index contributed by atoms with van der Waals surface area (Å²) in [5.41, 5.74) is 1.83. The monoisotopic (exact) mass is 487 g/mol. The standard InChI is InChI=1S/C24H26ClN3O6/c1-3-12-33-27-20(23-26-22(28-34-23)17-8-10-18(25)11-9-17)15-32-19-7-5-6-16(13-19)14-21(24(29)30)31-4-2/h5-11,13,21H,3-4,12,14-15H2,1-2H3,(H,29,30). The van der Waals surface area contributed by atoms with Crippen molar-refractivity contribution < 1.29 is 28.7 Å². The smallest absolute Gasteiger partial charge is 0.333 e. The molecule has 3 rings (SSSR count). The van der Waals surface area contributed by atoms with Crippen molar-refractivity contribution in [3.8, 4) is 17.1 Å². The summed E-state index contributed by atoms with van der Waals surface area (Å²) >= 11 is 5.94. The zero-order chi connectivity index (χ0) is 24.3. The van der Waals surface area contributed by atoms with E-state index in [4.69, 9.17) is 30.4 Å². The number of rotatable bonds is 13. The quantitative estimate of drug-likeness (QED) is 0.211. The lowest BCUT2D eigenvalue weighted by molar-refractivity contribution is -0.149. The van der Waals surface area contributed by atoms with Crippen LogP contribution in [0.1, 0.15) is 31.7 Å². The maximum Gasteiger partial charge on any atom is 0.333 e. The maximum atomic E-state index is 11.4. The van der Waals surface area contributed by atoms with Gasteiger partial charge >= 0.3 is 5.97 Å². The van der Waals surface area contributed by atoms with E-state index >= 15 is 0 Å². The van der Waals surface area contributed by atoms with Crippen LogP contribution >= 0.6 is 11.6 Å². The molecule has 0 saturated carbocycles. The molecule has 2 aromatic carbocycles. The highest BCUT2D eigenvalue weighted by Crippen LogP contribution is 2.20. The first-order valence-electron chi connectivity index (χ1n) is 10.8. The molecule has 0 spiro atoms. The number of carboxylic acid groups (broad SMARTS) is 1. The van der Waals surface area contributed by atoms with Crippen molar-refractivity contribution in [3.63, 3.8) is 0 Å². The molecule has 9 nitrogen and oxygen atoms in total. The fourth-order valence-electron chi connectivity index (χ4n) is 2.95. The van der Waals surface area contributed by atoms with Crippen LogP contribution < -0.4 is 4.74 Å². The molecule has 0 radical (unpaired) electrons. The van der Waals surface area contributed by atoms with Gasteiger partial charge in [0.25, 0.3) is 5.89 Å². The Balaban J connectivity index is 1.73. The molecule has 0 aliphatic rings. The van der Waals surface area contributed by atoms with Gasteiger partial charge in [-0.2, -0.15) is 4.98 Å². The minimum absolute atomic E-state index is 0.00321. The molecule has 0 saturated heterocycles. The lowest BCUT2D eigenvalue weighted by atomic mass is 10.1. The third-order valence-corrected chi connectivity index (χ3v) is 4.84. The van der Waals surface area contributed by atoms with E-state index in [1.807, 2.05) is 13.0 Å². The van der Waals surface area contributed by atoms with Crippen LogP contribution in [-0.2, 0) is 20.8 Å². The van der Waals surface area contributed by atoms with Crippen LogP contribution in [0.25, 0.3) is 11.4 Å². The second-order valence-corrected chi connectivity index (χ2v) is 7.66. The van der Waals surface area contributed by atoms with Crippen molar-refractivity contribution in [2.24, 2.45) is 5.16 Å². The summed E-state index contributed by atoms with van der Waals surface area (Å²) in [7, 11) is 0. The Morgan fingerprint density at radius 3 is 2.71 bits per heavy atom. The number of carbonyl (C=O) groups is 1. The second-order valence-electron chi connectivity index (χ2n) is 7.22. The minimum Gasteiger partial charge on any atom is -0.487 e. The van der Waals surface area contributed by atoms with Gasteiger partial charge in [0.2, 0.25) is 5.82 Å². The van der Waals surface area contributed by atoms with E-state index in [1.165, 1.54) is 0 Å².